The highest BCUT2D eigenvalue weighted by Crippen LogP contribution is 2.26. The Balaban J connectivity index is 1.37. The number of nitrogens with one attached hydrogen (secondary N) is 2. The number of oxazole rings is 1. The fourth-order valence-corrected chi connectivity index (χ4v) is 3.53. The van der Waals surface area contributed by atoms with Crippen LogP contribution in [0.15, 0.2) is 77.5 Å². The Bertz CT molecular complexity index is 1370. The molecule has 1 atom stereocenters. The topological polar surface area (TPSA) is 84.5 Å². The van der Waals surface area contributed by atoms with Crippen molar-refractivity contribution in [2.24, 2.45) is 0 Å². The van der Waals surface area contributed by atoms with Gasteiger partial charge in [0.2, 0.25) is 0 Å². The molecule has 0 aliphatic rings. The average molecular weight is 411 g/mol. The molecule has 0 aliphatic heterocycles. The average Bonchev–Trinajstić information content (AvgIpc) is 3.38. The summed E-state index contributed by atoms with van der Waals surface area (Å²) in [7, 11) is 0. The third-order valence-electron chi connectivity index (χ3n) is 5.29. The van der Waals surface area contributed by atoms with Crippen molar-refractivity contribution in [2.45, 2.75) is 19.9 Å². The van der Waals surface area contributed by atoms with Crippen molar-refractivity contribution in [3.63, 3.8) is 0 Å². The van der Waals surface area contributed by atoms with E-state index >= 15 is 0 Å². The van der Waals surface area contributed by atoms with Crippen molar-refractivity contribution in [1.29, 1.82) is 0 Å². The zero-order chi connectivity index (χ0) is 21.4. The summed E-state index contributed by atoms with van der Waals surface area (Å²) in [5.41, 5.74) is 5.48. The molecule has 3 heterocycles. The number of aromatic nitrogens is 3. The van der Waals surface area contributed by atoms with Gasteiger partial charge in [-0.25, -0.2) is 4.98 Å². The Morgan fingerprint density at radius 3 is 2.81 bits per heavy atom. The SMILES string of the molecule is Cc1ccc([C@H](C)Nc2nc3ccccc3o2)cc1NC(=O)c1cnc2ccccn12. The summed E-state index contributed by atoms with van der Waals surface area (Å²) in [6.07, 6.45) is 3.41. The third-order valence-corrected chi connectivity index (χ3v) is 5.29. The van der Waals surface area contributed by atoms with Gasteiger partial charge in [-0.05, 0) is 55.3 Å². The molecule has 0 fully saturated rings. The van der Waals surface area contributed by atoms with Crippen LogP contribution in [0.5, 0.6) is 0 Å². The number of aryl methyl sites for hydroxylation is 1. The first-order chi connectivity index (χ1) is 15.1. The second-order valence-corrected chi connectivity index (χ2v) is 7.45. The molecular formula is C24H21N5O2. The molecule has 0 unspecified atom stereocenters. The van der Waals surface area contributed by atoms with E-state index in [9.17, 15) is 4.79 Å². The van der Waals surface area contributed by atoms with Crippen LogP contribution in [-0.2, 0) is 0 Å². The van der Waals surface area contributed by atoms with Crippen LogP contribution < -0.4 is 10.6 Å². The van der Waals surface area contributed by atoms with Crippen molar-refractivity contribution in [3.8, 4) is 0 Å². The van der Waals surface area contributed by atoms with Crippen molar-refractivity contribution < 1.29 is 9.21 Å². The van der Waals surface area contributed by atoms with E-state index in [0.29, 0.717) is 11.7 Å². The van der Waals surface area contributed by atoms with Crippen molar-refractivity contribution in [2.75, 3.05) is 10.6 Å². The highest BCUT2D eigenvalue weighted by Gasteiger charge is 2.15. The maximum atomic E-state index is 12.9. The summed E-state index contributed by atoms with van der Waals surface area (Å²) in [6.45, 7) is 3.99. The zero-order valence-corrected chi connectivity index (χ0v) is 17.2. The number of rotatable bonds is 5. The number of amides is 1. The van der Waals surface area contributed by atoms with Gasteiger partial charge in [0.05, 0.1) is 12.2 Å². The Labute approximate surface area is 178 Å². The van der Waals surface area contributed by atoms with Crippen LogP contribution in [0.4, 0.5) is 11.7 Å². The molecule has 7 heteroatoms. The number of para-hydroxylation sites is 2. The Kier molecular flexibility index (Phi) is 4.63. The highest BCUT2D eigenvalue weighted by atomic mass is 16.4. The molecule has 0 bridgehead atoms. The molecule has 31 heavy (non-hydrogen) atoms. The minimum Gasteiger partial charge on any atom is -0.424 e. The van der Waals surface area contributed by atoms with E-state index < -0.39 is 0 Å². The second-order valence-electron chi connectivity index (χ2n) is 7.45. The van der Waals surface area contributed by atoms with Gasteiger partial charge in [-0.3, -0.25) is 9.20 Å². The van der Waals surface area contributed by atoms with Crippen LogP contribution in [0.1, 0.15) is 34.6 Å². The van der Waals surface area contributed by atoms with E-state index in [1.165, 1.54) is 0 Å². The number of imidazole rings is 1. The summed E-state index contributed by atoms with van der Waals surface area (Å²) in [5.74, 6) is -0.210. The number of benzene rings is 2. The van der Waals surface area contributed by atoms with Crippen molar-refractivity contribution in [1.82, 2.24) is 14.4 Å². The molecule has 1 amide bonds. The Hall–Kier alpha value is -4.13. The van der Waals surface area contributed by atoms with Crippen LogP contribution in [0.2, 0.25) is 0 Å². The van der Waals surface area contributed by atoms with Gasteiger partial charge in [-0.15, -0.1) is 0 Å². The molecule has 5 rings (SSSR count). The van der Waals surface area contributed by atoms with Gasteiger partial charge in [-0.2, -0.15) is 4.98 Å². The number of hydrogen-bond acceptors (Lipinski definition) is 5. The van der Waals surface area contributed by atoms with Gasteiger partial charge in [0.1, 0.15) is 16.9 Å². The number of hydrogen-bond donors (Lipinski definition) is 2. The maximum Gasteiger partial charge on any atom is 0.296 e. The van der Waals surface area contributed by atoms with Crippen LogP contribution in [0, 0.1) is 6.92 Å². The first kappa shape index (κ1) is 18.9. The summed E-state index contributed by atoms with van der Waals surface area (Å²) in [5, 5.41) is 6.31. The number of nitrogens with zero attached hydrogens (tertiary/aromatic N) is 3. The molecule has 0 spiro atoms. The number of fused-ring (bicyclic) bond motifs is 2. The minimum atomic E-state index is -0.210. The molecule has 7 nitrogen and oxygen atoms in total. The largest absolute Gasteiger partial charge is 0.424 e. The van der Waals surface area contributed by atoms with E-state index in [1.807, 2.05) is 80.7 Å². The molecule has 154 valence electrons. The van der Waals surface area contributed by atoms with E-state index in [1.54, 1.807) is 10.6 Å². The summed E-state index contributed by atoms with van der Waals surface area (Å²) >= 11 is 0. The monoisotopic (exact) mass is 411 g/mol. The van der Waals surface area contributed by atoms with Gasteiger partial charge < -0.3 is 15.1 Å². The molecule has 0 aliphatic carbocycles. The molecule has 3 aromatic heterocycles. The van der Waals surface area contributed by atoms with E-state index in [0.717, 1.165) is 33.6 Å². The highest BCUT2D eigenvalue weighted by molar-refractivity contribution is 6.04. The smallest absolute Gasteiger partial charge is 0.296 e. The lowest BCUT2D eigenvalue weighted by atomic mass is 10.0. The lowest BCUT2D eigenvalue weighted by molar-refractivity contribution is 0.102. The molecule has 0 saturated carbocycles. The number of anilines is 2. The number of carbonyl (C=O) groups excluding carboxylic acids is 1. The Morgan fingerprint density at radius 2 is 1.94 bits per heavy atom. The first-order valence-corrected chi connectivity index (χ1v) is 10.0. The van der Waals surface area contributed by atoms with Gasteiger partial charge in [0.25, 0.3) is 11.9 Å². The second kappa shape index (κ2) is 7.60. The quantitative estimate of drug-likeness (QED) is 0.415. The predicted molar refractivity (Wildman–Crippen MR) is 120 cm³/mol. The molecule has 0 radical (unpaired) electrons. The molecule has 2 N–H and O–H groups in total. The van der Waals surface area contributed by atoms with Crippen molar-refractivity contribution >= 4 is 34.4 Å². The van der Waals surface area contributed by atoms with E-state index in [-0.39, 0.29) is 11.9 Å². The standard InChI is InChI=1S/C24H21N5O2/c1-15-10-11-17(16(2)26-24-28-18-7-3-4-8-21(18)31-24)13-19(15)27-23(30)20-14-25-22-9-5-6-12-29(20)22/h3-14,16H,1-2H3,(H,26,28)(H,27,30)/t16-/m0/s1. The minimum absolute atomic E-state index is 0.0693. The van der Waals surface area contributed by atoms with Gasteiger partial charge in [-0.1, -0.05) is 30.3 Å². The lowest BCUT2D eigenvalue weighted by Crippen LogP contribution is -2.16. The fourth-order valence-electron chi connectivity index (χ4n) is 3.53. The Morgan fingerprint density at radius 1 is 1.10 bits per heavy atom. The number of carbonyl (C=O) groups is 1. The third kappa shape index (κ3) is 3.61. The maximum absolute atomic E-state index is 12.9. The van der Waals surface area contributed by atoms with Crippen LogP contribution in [-0.4, -0.2) is 20.3 Å². The molecule has 2 aromatic carbocycles. The predicted octanol–water partition coefficient (Wildman–Crippen LogP) is 5.21. The molecular weight excluding hydrogens is 390 g/mol. The normalized spacial score (nSPS) is 12.2. The summed E-state index contributed by atoms with van der Waals surface area (Å²) in [4.78, 5) is 21.7. The summed E-state index contributed by atoms with van der Waals surface area (Å²) in [6, 6.07) is 19.6. The molecule has 0 saturated heterocycles. The van der Waals surface area contributed by atoms with Crippen LogP contribution in [0.3, 0.4) is 0 Å². The van der Waals surface area contributed by atoms with Gasteiger partial charge in [0.15, 0.2) is 5.58 Å². The number of pyridine rings is 1. The lowest BCUT2D eigenvalue weighted by Gasteiger charge is -2.16. The summed E-state index contributed by atoms with van der Waals surface area (Å²) < 4.78 is 7.54. The fraction of sp³-hybridized carbons (Fsp3) is 0.125. The van der Waals surface area contributed by atoms with Crippen LogP contribution in [0.25, 0.3) is 16.7 Å². The van der Waals surface area contributed by atoms with Crippen LogP contribution >= 0.6 is 0 Å². The van der Waals surface area contributed by atoms with Crippen molar-refractivity contribution in [3.05, 3.63) is 89.9 Å². The van der Waals surface area contributed by atoms with E-state index in [4.69, 9.17) is 4.42 Å². The first-order valence-electron chi connectivity index (χ1n) is 10.0. The molecule has 5 aromatic rings. The van der Waals surface area contributed by atoms with E-state index in [2.05, 4.69) is 20.6 Å². The van der Waals surface area contributed by atoms with Gasteiger partial charge >= 0.3 is 0 Å². The zero-order valence-electron chi connectivity index (χ0n) is 17.2. The van der Waals surface area contributed by atoms with Gasteiger partial charge in [0, 0.05) is 11.9 Å².